The van der Waals surface area contributed by atoms with Crippen molar-refractivity contribution in [3.05, 3.63) is 45.7 Å². The van der Waals surface area contributed by atoms with Crippen LogP contribution in [0.15, 0.2) is 18.2 Å². The van der Waals surface area contributed by atoms with E-state index < -0.39 is 0 Å². The summed E-state index contributed by atoms with van der Waals surface area (Å²) >= 11 is 6.26. The lowest BCUT2D eigenvalue weighted by atomic mass is 9.96. The fourth-order valence-electron chi connectivity index (χ4n) is 4.34. The molecule has 1 aliphatic rings. The molecule has 1 fully saturated rings. The van der Waals surface area contributed by atoms with Crippen LogP contribution in [0.2, 0.25) is 5.02 Å². The van der Waals surface area contributed by atoms with E-state index in [9.17, 15) is 0 Å². The predicted molar refractivity (Wildman–Crippen MR) is 123 cm³/mol. The van der Waals surface area contributed by atoms with Gasteiger partial charge in [0.2, 0.25) is 0 Å². The summed E-state index contributed by atoms with van der Waals surface area (Å²) in [7, 11) is 0. The average molecular weight is 428 g/mol. The Morgan fingerprint density at radius 2 is 1.73 bits per heavy atom. The van der Waals surface area contributed by atoms with Gasteiger partial charge in [-0.05, 0) is 69.4 Å². The molecule has 2 aromatic heterocycles. The van der Waals surface area contributed by atoms with E-state index in [2.05, 4.69) is 30.5 Å². The Bertz CT molecular complexity index is 1030. The second kappa shape index (κ2) is 8.92. The van der Waals surface area contributed by atoms with Crippen LogP contribution < -0.4 is 10.6 Å². The lowest BCUT2D eigenvalue weighted by molar-refractivity contribution is 0.0784. The Labute approximate surface area is 183 Å². The van der Waals surface area contributed by atoms with Crippen LogP contribution in [-0.2, 0) is 4.74 Å². The standard InChI is InChI=1S/C23H30ClN5O/c1-14-11-18(24)12-15(2)21(14)22-17(4)28-29-20(13-16(3)27-23(22)29)26-8-7-25-19-5-9-30-10-6-19/h11-13,19,25-26H,5-10H2,1-4H3. The van der Waals surface area contributed by atoms with Gasteiger partial charge < -0.3 is 15.4 Å². The number of aromatic nitrogens is 3. The predicted octanol–water partition coefficient (Wildman–Crippen LogP) is 4.46. The summed E-state index contributed by atoms with van der Waals surface area (Å²) < 4.78 is 7.36. The molecule has 7 heteroatoms. The highest BCUT2D eigenvalue weighted by molar-refractivity contribution is 6.30. The number of ether oxygens (including phenoxy) is 1. The van der Waals surface area contributed by atoms with E-state index in [0.717, 1.165) is 89.3 Å². The summed E-state index contributed by atoms with van der Waals surface area (Å²) in [5.41, 5.74) is 7.32. The molecule has 160 valence electrons. The highest BCUT2D eigenvalue weighted by Gasteiger charge is 2.19. The zero-order valence-electron chi connectivity index (χ0n) is 18.2. The summed E-state index contributed by atoms with van der Waals surface area (Å²) in [6, 6.07) is 6.61. The molecule has 0 saturated carbocycles. The number of hydrogen-bond donors (Lipinski definition) is 2. The molecule has 0 unspecified atom stereocenters. The molecule has 3 aromatic rings. The van der Waals surface area contributed by atoms with Gasteiger partial charge in [-0.3, -0.25) is 0 Å². The van der Waals surface area contributed by atoms with Crippen molar-refractivity contribution in [1.29, 1.82) is 0 Å². The maximum Gasteiger partial charge on any atom is 0.165 e. The van der Waals surface area contributed by atoms with Gasteiger partial charge in [0.15, 0.2) is 5.65 Å². The van der Waals surface area contributed by atoms with E-state index in [-0.39, 0.29) is 0 Å². The Morgan fingerprint density at radius 3 is 2.43 bits per heavy atom. The molecule has 6 nitrogen and oxygen atoms in total. The molecule has 0 aliphatic carbocycles. The quantitative estimate of drug-likeness (QED) is 0.568. The van der Waals surface area contributed by atoms with Crippen LogP contribution >= 0.6 is 11.6 Å². The van der Waals surface area contributed by atoms with Gasteiger partial charge in [-0.15, -0.1) is 0 Å². The SMILES string of the molecule is Cc1cc(NCCNC2CCOCC2)n2nc(C)c(-c3c(C)cc(Cl)cc3C)c2n1. The van der Waals surface area contributed by atoms with Gasteiger partial charge in [0.05, 0.1) is 11.3 Å². The number of halogens is 1. The third-order valence-corrected chi connectivity index (χ3v) is 5.94. The summed E-state index contributed by atoms with van der Waals surface area (Å²) in [5, 5.41) is 12.7. The van der Waals surface area contributed by atoms with Gasteiger partial charge in [-0.25, -0.2) is 4.98 Å². The maximum absolute atomic E-state index is 6.26. The molecule has 1 aliphatic heterocycles. The lowest BCUT2D eigenvalue weighted by Crippen LogP contribution is -2.37. The first kappa shape index (κ1) is 21.1. The van der Waals surface area contributed by atoms with Gasteiger partial charge in [0.25, 0.3) is 0 Å². The number of anilines is 1. The van der Waals surface area contributed by atoms with Crippen LogP contribution in [-0.4, -0.2) is 46.9 Å². The molecule has 30 heavy (non-hydrogen) atoms. The zero-order chi connectivity index (χ0) is 21.3. The van der Waals surface area contributed by atoms with Crippen LogP contribution in [0.25, 0.3) is 16.8 Å². The highest BCUT2D eigenvalue weighted by atomic mass is 35.5. The third kappa shape index (κ3) is 4.31. The second-order valence-corrected chi connectivity index (χ2v) is 8.60. The summed E-state index contributed by atoms with van der Waals surface area (Å²) in [4.78, 5) is 4.84. The Morgan fingerprint density at radius 1 is 1.03 bits per heavy atom. The molecule has 1 aromatic carbocycles. The molecule has 0 amide bonds. The van der Waals surface area contributed by atoms with E-state index in [4.69, 9.17) is 26.4 Å². The van der Waals surface area contributed by atoms with E-state index in [0.29, 0.717) is 6.04 Å². The van der Waals surface area contributed by atoms with Gasteiger partial charge >= 0.3 is 0 Å². The van der Waals surface area contributed by atoms with Crippen molar-refractivity contribution in [3.8, 4) is 11.1 Å². The van der Waals surface area contributed by atoms with Gasteiger partial charge in [-0.2, -0.15) is 9.61 Å². The van der Waals surface area contributed by atoms with Crippen LogP contribution in [0, 0.1) is 27.7 Å². The number of aryl methyl sites for hydroxylation is 4. The fourth-order valence-corrected chi connectivity index (χ4v) is 4.66. The number of rotatable bonds is 6. The van der Waals surface area contributed by atoms with E-state index in [1.807, 2.05) is 30.5 Å². The first-order valence-electron chi connectivity index (χ1n) is 10.6. The summed E-state index contributed by atoms with van der Waals surface area (Å²) in [6.45, 7) is 11.7. The molecule has 4 rings (SSSR count). The van der Waals surface area contributed by atoms with Gasteiger partial charge in [0, 0.05) is 49.1 Å². The molecule has 0 atom stereocenters. The minimum absolute atomic E-state index is 0.550. The van der Waals surface area contributed by atoms with Gasteiger partial charge in [-0.1, -0.05) is 11.6 Å². The number of nitrogens with one attached hydrogen (secondary N) is 2. The molecule has 0 radical (unpaired) electrons. The number of nitrogens with zero attached hydrogens (tertiary/aromatic N) is 3. The monoisotopic (exact) mass is 427 g/mol. The van der Waals surface area contributed by atoms with Crippen molar-refractivity contribution >= 4 is 23.1 Å². The van der Waals surface area contributed by atoms with Crippen molar-refractivity contribution in [2.24, 2.45) is 0 Å². The molecule has 3 heterocycles. The van der Waals surface area contributed by atoms with Crippen molar-refractivity contribution < 1.29 is 4.74 Å². The molecular formula is C23H30ClN5O. The van der Waals surface area contributed by atoms with E-state index >= 15 is 0 Å². The van der Waals surface area contributed by atoms with Crippen molar-refractivity contribution in [1.82, 2.24) is 19.9 Å². The first-order chi connectivity index (χ1) is 14.4. The van der Waals surface area contributed by atoms with Gasteiger partial charge in [0.1, 0.15) is 5.82 Å². The number of benzene rings is 1. The molecule has 1 saturated heterocycles. The third-order valence-electron chi connectivity index (χ3n) is 5.72. The Balaban J connectivity index is 1.61. The minimum Gasteiger partial charge on any atom is -0.381 e. The number of fused-ring (bicyclic) bond motifs is 1. The lowest BCUT2D eigenvalue weighted by Gasteiger charge is -2.23. The largest absolute Gasteiger partial charge is 0.381 e. The first-order valence-corrected chi connectivity index (χ1v) is 11.0. The fraction of sp³-hybridized carbons (Fsp3) is 0.478. The summed E-state index contributed by atoms with van der Waals surface area (Å²) in [6.07, 6.45) is 2.17. The van der Waals surface area contributed by atoms with Crippen molar-refractivity contribution in [3.63, 3.8) is 0 Å². The average Bonchev–Trinajstić information content (AvgIpc) is 3.01. The smallest absolute Gasteiger partial charge is 0.165 e. The zero-order valence-corrected chi connectivity index (χ0v) is 18.9. The molecule has 0 spiro atoms. The molecule has 0 bridgehead atoms. The van der Waals surface area contributed by atoms with E-state index in [1.165, 1.54) is 0 Å². The highest BCUT2D eigenvalue weighted by Crippen LogP contribution is 2.35. The Hall–Kier alpha value is -2.15. The second-order valence-electron chi connectivity index (χ2n) is 8.16. The topological polar surface area (TPSA) is 63.5 Å². The van der Waals surface area contributed by atoms with Crippen molar-refractivity contribution in [2.45, 2.75) is 46.6 Å². The Kier molecular flexibility index (Phi) is 6.27. The maximum atomic E-state index is 6.26. The molecule has 2 N–H and O–H groups in total. The van der Waals surface area contributed by atoms with Crippen LogP contribution in [0.5, 0.6) is 0 Å². The van der Waals surface area contributed by atoms with Crippen LogP contribution in [0.3, 0.4) is 0 Å². The summed E-state index contributed by atoms with van der Waals surface area (Å²) in [5.74, 6) is 0.963. The number of hydrogen-bond acceptors (Lipinski definition) is 5. The normalized spacial score (nSPS) is 15.1. The van der Waals surface area contributed by atoms with Crippen LogP contribution in [0.1, 0.15) is 35.4 Å². The minimum atomic E-state index is 0.550. The van der Waals surface area contributed by atoms with Crippen molar-refractivity contribution in [2.75, 3.05) is 31.6 Å². The molecular weight excluding hydrogens is 398 g/mol. The van der Waals surface area contributed by atoms with Crippen LogP contribution in [0.4, 0.5) is 5.82 Å². The van der Waals surface area contributed by atoms with E-state index in [1.54, 1.807) is 0 Å².